The van der Waals surface area contributed by atoms with Crippen LogP contribution in [0.4, 0.5) is 11.4 Å². The van der Waals surface area contributed by atoms with Gasteiger partial charge in [-0.05, 0) is 35.4 Å². The smallest absolute Gasteiger partial charge is 0.0384 e. The van der Waals surface area contributed by atoms with E-state index >= 15 is 0 Å². The van der Waals surface area contributed by atoms with Gasteiger partial charge in [-0.25, -0.2) is 0 Å². The summed E-state index contributed by atoms with van der Waals surface area (Å²) in [5.41, 5.74) is 4.69. The van der Waals surface area contributed by atoms with Gasteiger partial charge in [-0.2, -0.15) is 0 Å². The predicted octanol–water partition coefficient (Wildman–Crippen LogP) is 6.46. The van der Waals surface area contributed by atoms with E-state index in [9.17, 15) is 0 Å². The minimum Gasteiger partial charge on any atom is -0.356 e. The zero-order valence-electron chi connectivity index (χ0n) is 13.2. The topological polar surface area (TPSA) is 12.0 Å². The second-order valence-corrected chi connectivity index (χ2v) is 4.91. The Balaban J connectivity index is 0.000000433. The molecule has 1 heteroatoms. The summed E-state index contributed by atoms with van der Waals surface area (Å²) >= 11 is 0. The number of hydrogen-bond acceptors (Lipinski definition) is 1. The summed E-state index contributed by atoms with van der Waals surface area (Å²) in [5, 5.41) is 3.38. The van der Waals surface area contributed by atoms with Crippen LogP contribution in [0, 0.1) is 0 Å². The average Bonchev–Trinajstić information content (AvgIpc) is 2.64. The zero-order chi connectivity index (χ0) is 16.3. The molecule has 0 spiro atoms. The Labute approximate surface area is 138 Å². The molecule has 0 heterocycles. The van der Waals surface area contributed by atoms with Crippen LogP contribution in [0.25, 0.3) is 11.1 Å². The van der Waals surface area contributed by atoms with Gasteiger partial charge in [-0.3, -0.25) is 0 Å². The lowest BCUT2D eigenvalue weighted by atomic mass is 10.1. The molecule has 0 bridgehead atoms. The molecule has 0 aliphatic carbocycles. The molecule has 0 saturated carbocycles. The van der Waals surface area contributed by atoms with Crippen molar-refractivity contribution in [2.45, 2.75) is 0 Å². The molecule has 0 aliphatic heterocycles. The molecule has 1 nitrogen and oxygen atoms in total. The molecule has 0 saturated heterocycles. The van der Waals surface area contributed by atoms with Gasteiger partial charge in [0.2, 0.25) is 0 Å². The maximum Gasteiger partial charge on any atom is 0.0384 e. The van der Waals surface area contributed by atoms with Crippen molar-refractivity contribution in [1.82, 2.24) is 0 Å². The summed E-state index contributed by atoms with van der Waals surface area (Å²) in [6, 6.07) is 29.1. The Hall–Kier alpha value is -3.06. The molecule has 0 radical (unpaired) electrons. The molecule has 3 aromatic carbocycles. The number of nitrogens with one attached hydrogen (secondary N) is 1. The SMILES string of the molecule is C=CC=C.c1ccc(Nc2ccc(-c3ccccc3)cc2)cc1. The van der Waals surface area contributed by atoms with Crippen molar-refractivity contribution in [3.63, 3.8) is 0 Å². The van der Waals surface area contributed by atoms with Gasteiger partial charge in [0.15, 0.2) is 0 Å². The van der Waals surface area contributed by atoms with Crippen molar-refractivity contribution < 1.29 is 0 Å². The first-order valence-corrected chi connectivity index (χ1v) is 7.54. The van der Waals surface area contributed by atoms with Gasteiger partial charge in [0.25, 0.3) is 0 Å². The summed E-state index contributed by atoms with van der Waals surface area (Å²) in [7, 11) is 0. The molecule has 1 N–H and O–H groups in total. The molecule has 0 atom stereocenters. The number of anilines is 2. The first-order valence-electron chi connectivity index (χ1n) is 7.54. The highest BCUT2D eigenvalue weighted by atomic mass is 14.9. The molecule has 0 unspecified atom stereocenters. The summed E-state index contributed by atoms with van der Waals surface area (Å²) in [6.07, 6.45) is 3.28. The summed E-state index contributed by atoms with van der Waals surface area (Å²) < 4.78 is 0. The number of benzene rings is 3. The quantitative estimate of drug-likeness (QED) is 0.545. The zero-order valence-corrected chi connectivity index (χ0v) is 13.2. The number of hydrogen-bond donors (Lipinski definition) is 1. The maximum atomic E-state index is 3.38. The third-order valence-electron chi connectivity index (χ3n) is 3.22. The maximum absolute atomic E-state index is 3.38. The van der Waals surface area contributed by atoms with Crippen molar-refractivity contribution in [2.75, 3.05) is 5.32 Å². The summed E-state index contributed by atoms with van der Waals surface area (Å²) in [6.45, 7) is 6.72. The second-order valence-electron chi connectivity index (χ2n) is 4.91. The Morgan fingerprint density at radius 3 is 1.48 bits per heavy atom. The molecule has 23 heavy (non-hydrogen) atoms. The van der Waals surface area contributed by atoms with E-state index in [-0.39, 0.29) is 0 Å². The second kappa shape index (κ2) is 9.06. The van der Waals surface area contributed by atoms with Crippen LogP contribution in [-0.2, 0) is 0 Å². The Kier molecular flexibility index (Phi) is 6.43. The van der Waals surface area contributed by atoms with Gasteiger partial charge in [-0.1, -0.05) is 86.0 Å². The van der Waals surface area contributed by atoms with E-state index in [1.807, 2.05) is 24.3 Å². The first-order chi connectivity index (χ1) is 11.3. The van der Waals surface area contributed by atoms with E-state index < -0.39 is 0 Å². The normalized spacial score (nSPS) is 9.22. The van der Waals surface area contributed by atoms with Crippen molar-refractivity contribution in [2.24, 2.45) is 0 Å². The van der Waals surface area contributed by atoms with Crippen molar-refractivity contribution in [3.8, 4) is 11.1 Å². The summed E-state index contributed by atoms with van der Waals surface area (Å²) in [5.74, 6) is 0. The van der Waals surface area contributed by atoms with Gasteiger partial charge in [0, 0.05) is 11.4 Å². The highest BCUT2D eigenvalue weighted by Gasteiger charge is 1.97. The standard InChI is InChI=1S/C18H15N.C4H6/c1-3-7-15(8-4-1)16-11-13-18(14-12-16)19-17-9-5-2-6-10-17;1-3-4-2/h1-14,19H;3-4H,1-2H2. The van der Waals surface area contributed by atoms with E-state index in [0.29, 0.717) is 0 Å². The fourth-order valence-corrected chi connectivity index (χ4v) is 2.06. The number of rotatable bonds is 4. The van der Waals surface area contributed by atoms with Crippen molar-refractivity contribution in [1.29, 1.82) is 0 Å². The van der Waals surface area contributed by atoms with Crippen LogP contribution in [0.3, 0.4) is 0 Å². The van der Waals surface area contributed by atoms with E-state index in [4.69, 9.17) is 0 Å². The van der Waals surface area contributed by atoms with Gasteiger partial charge >= 0.3 is 0 Å². The minimum atomic E-state index is 1.10. The highest BCUT2D eigenvalue weighted by Crippen LogP contribution is 2.22. The Morgan fingerprint density at radius 1 is 0.522 bits per heavy atom. The van der Waals surface area contributed by atoms with Crippen LogP contribution < -0.4 is 5.32 Å². The van der Waals surface area contributed by atoms with Crippen LogP contribution in [0.1, 0.15) is 0 Å². The lowest BCUT2D eigenvalue weighted by Gasteiger charge is -2.07. The van der Waals surface area contributed by atoms with Crippen LogP contribution in [0.5, 0.6) is 0 Å². The third kappa shape index (κ3) is 5.33. The van der Waals surface area contributed by atoms with E-state index in [0.717, 1.165) is 11.4 Å². The van der Waals surface area contributed by atoms with Crippen LogP contribution in [0.2, 0.25) is 0 Å². The van der Waals surface area contributed by atoms with Crippen LogP contribution in [0.15, 0.2) is 110 Å². The molecular formula is C22H21N. The van der Waals surface area contributed by atoms with Crippen molar-refractivity contribution >= 4 is 11.4 Å². The lowest BCUT2D eigenvalue weighted by molar-refractivity contribution is 1.54. The molecule has 3 rings (SSSR count). The molecular weight excluding hydrogens is 278 g/mol. The number of para-hydroxylation sites is 1. The largest absolute Gasteiger partial charge is 0.356 e. The number of allylic oxidation sites excluding steroid dienone is 2. The molecule has 0 amide bonds. The van der Waals surface area contributed by atoms with Crippen LogP contribution >= 0.6 is 0 Å². The van der Waals surface area contributed by atoms with Gasteiger partial charge < -0.3 is 5.32 Å². The first kappa shape index (κ1) is 16.3. The fraction of sp³-hybridized carbons (Fsp3) is 0. The molecule has 114 valence electrons. The Morgan fingerprint density at radius 2 is 0.957 bits per heavy atom. The fourth-order valence-electron chi connectivity index (χ4n) is 2.06. The van der Waals surface area contributed by atoms with Gasteiger partial charge in [0.1, 0.15) is 0 Å². The lowest BCUT2D eigenvalue weighted by Crippen LogP contribution is -1.89. The predicted molar refractivity (Wildman–Crippen MR) is 102 cm³/mol. The monoisotopic (exact) mass is 299 g/mol. The molecule has 0 fully saturated rings. The molecule has 3 aromatic rings. The van der Waals surface area contributed by atoms with E-state index in [1.165, 1.54) is 11.1 Å². The van der Waals surface area contributed by atoms with E-state index in [1.54, 1.807) is 12.2 Å². The van der Waals surface area contributed by atoms with E-state index in [2.05, 4.69) is 79.1 Å². The molecule has 0 aliphatic rings. The highest BCUT2D eigenvalue weighted by molar-refractivity contribution is 5.68. The average molecular weight is 299 g/mol. The molecule has 0 aromatic heterocycles. The third-order valence-corrected chi connectivity index (χ3v) is 3.22. The van der Waals surface area contributed by atoms with Crippen molar-refractivity contribution in [3.05, 3.63) is 110 Å². The Bertz CT molecular complexity index is 707. The van der Waals surface area contributed by atoms with Gasteiger partial charge in [-0.15, -0.1) is 0 Å². The minimum absolute atomic E-state index is 1.10. The summed E-state index contributed by atoms with van der Waals surface area (Å²) in [4.78, 5) is 0. The van der Waals surface area contributed by atoms with Crippen LogP contribution in [-0.4, -0.2) is 0 Å². The van der Waals surface area contributed by atoms with Gasteiger partial charge in [0.05, 0.1) is 0 Å².